The molecular formula is C48H36S2. The van der Waals surface area contributed by atoms with E-state index in [4.69, 9.17) is 0 Å². The maximum atomic E-state index is 2.45. The average Bonchev–Trinajstić information content (AvgIpc) is 3.80. The van der Waals surface area contributed by atoms with E-state index < -0.39 is 0 Å². The first kappa shape index (κ1) is 30.8. The lowest BCUT2D eigenvalue weighted by molar-refractivity contribution is 1.47. The van der Waals surface area contributed by atoms with E-state index in [9.17, 15) is 0 Å². The van der Waals surface area contributed by atoms with Crippen LogP contribution in [-0.4, -0.2) is 0 Å². The highest BCUT2D eigenvalue weighted by Crippen LogP contribution is 2.50. The second-order valence-corrected chi connectivity index (χ2v) is 15.2. The summed E-state index contributed by atoms with van der Waals surface area (Å²) in [6.07, 6.45) is 0. The SMILES string of the molecule is CC.Cc1ccc(-c2cc(-c3cc4ccccc4s3)c3ccc4c(-c5ccc(C)cc5)cc(-c5cc6ccccc6s5)c5ccc2c3c45)cc1. The van der Waals surface area contributed by atoms with Gasteiger partial charge in [-0.15, -0.1) is 22.7 Å². The van der Waals surface area contributed by atoms with Gasteiger partial charge in [0.15, 0.2) is 0 Å². The fraction of sp³-hybridized carbons (Fsp3) is 0.0833. The van der Waals surface area contributed by atoms with Crippen LogP contribution in [0.1, 0.15) is 25.0 Å². The molecule has 8 aromatic carbocycles. The largest absolute Gasteiger partial charge is 0.135 e. The lowest BCUT2D eigenvalue weighted by Gasteiger charge is -2.21. The Morgan fingerprint density at radius 2 is 0.720 bits per heavy atom. The van der Waals surface area contributed by atoms with Crippen molar-refractivity contribution in [3.8, 4) is 43.1 Å². The van der Waals surface area contributed by atoms with E-state index in [1.54, 1.807) is 0 Å². The van der Waals surface area contributed by atoms with Crippen molar-refractivity contribution in [2.24, 2.45) is 0 Å². The second kappa shape index (κ2) is 12.2. The van der Waals surface area contributed by atoms with E-state index >= 15 is 0 Å². The third kappa shape index (κ3) is 4.94. The van der Waals surface area contributed by atoms with Gasteiger partial charge in [0.1, 0.15) is 0 Å². The Labute approximate surface area is 301 Å². The van der Waals surface area contributed by atoms with Gasteiger partial charge in [-0.3, -0.25) is 0 Å². The molecular weight excluding hydrogens is 641 g/mol. The summed E-state index contributed by atoms with van der Waals surface area (Å²) in [5, 5.41) is 10.5. The molecule has 2 heteroatoms. The predicted octanol–water partition coefficient (Wildman–Crippen LogP) is 15.3. The minimum absolute atomic E-state index is 1.25. The molecule has 10 rings (SSSR count). The normalized spacial score (nSPS) is 11.6. The number of hydrogen-bond acceptors (Lipinski definition) is 2. The molecule has 240 valence electrons. The smallest absolute Gasteiger partial charge is 0.0361 e. The summed E-state index contributed by atoms with van der Waals surface area (Å²) in [6.45, 7) is 8.33. The third-order valence-corrected chi connectivity index (χ3v) is 12.3. The number of rotatable bonds is 4. The molecule has 0 amide bonds. The van der Waals surface area contributed by atoms with Crippen molar-refractivity contribution in [2.75, 3.05) is 0 Å². The molecule has 10 aromatic rings. The van der Waals surface area contributed by atoms with Gasteiger partial charge in [-0.05, 0) is 116 Å². The van der Waals surface area contributed by atoms with Crippen molar-refractivity contribution in [3.05, 3.63) is 157 Å². The summed E-state index contributed by atoms with van der Waals surface area (Å²) in [4.78, 5) is 2.62. The molecule has 0 spiro atoms. The summed E-state index contributed by atoms with van der Waals surface area (Å²) in [7, 11) is 0. The van der Waals surface area contributed by atoms with Crippen molar-refractivity contribution in [1.82, 2.24) is 0 Å². The summed E-state index contributed by atoms with van der Waals surface area (Å²) in [6, 6.07) is 54.8. The zero-order valence-corrected chi connectivity index (χ0v) is 30.3. The first-order chi connectivity index (χ1) is 24.6. The molecule has 0 N–H and O–H groups in total. The van der Waals surface area contributed by atoms with Crippen LogP contribution in [0, 0.1) is 13.8 Å². The topological polar surface area (TPSA) is 0 Å². The summed E-state index contributed by atoms with van der Waals surface area (Å²) in [5.74, 6) is 0. The molecule has 0 aliphatic heterocycles. The summed E-state index contributed by atoms with van der Waals surface area (Å²) >= 11 is 3.78. The molecule has 0 nitrogen and oxygen atoms in total. The Kier molecular flexibility index (Phi) is 7.53. The molecule has 0 aliphatic carbocycles. The lowest BCUT2D eigenvalue weighted by Crippen LogP contribution is -1.93. The molecule has 0 atom stereocenters. The minimum atomic E-state index is 1.25. The van der Waals surface area contributed by atoms with Crippen LogP contribution in [0.4, 0.5) is 0 Å². The van der Waals surface area contributed by atoms with Crippen molar-refractivity contribution >= 4 is 75.2 Å². The number of aryl methyl sites for hydroxylation is 2. The van der Waals surface area contributed by atoms with Gasteiger partial charge in [-0.2, -0.15) is 0 Å². The number of thiophene rings is 2. The van der Waals surface area contributed by atoms with Crippen molar-refractivity contribution in [1.29, 1.82) is 0 Å². The van der Waals surface area contributed by atoms with Gasteiger partial charge < -0.3 is 0 Å². The first-order valence-electron chi connectivity index (χ1n) is 17.5. The Hall–Kier alpha value is -5.28. The zero-order chi connectivity index (χ0) is 33.9. The Morgan fingerprint density at radius 1 is 0.360 bits per heavy atom. The van der Waals surface area contributed by atoms with E-state index in [2.05, 4.69) is 159 Å². The molecule has 2 aromatic heterocycles. The second-order valence-electron chi connectivity index (χ2n) is 13.0. The minimum Gasteiger partial charge on any atom is -0.135 e. The Balaban J connectivity index is 0.00000165. The maximum absolute atomic E-state index is 2.45. The van der Waals surface area contributed by atoms with Crippen LogP contribution in [0.5, 0.6) is 0 Å². The molecule has 0 radical (unpaired) electrons. The standard InChI is InChI=1S/C46H30S2.C2H6/c1-27-11-15-29(16-12-27)37-25-39(43-23-31-7-3-5-9-41(31)47-43)35-22-20-34-38(30-17-13-28(2)14-18-30)26-40(36-21-19-33(37)45(35)46(34)36)44-24-32-8-4-6-10-42(32)48-44;1-2/h3-26H,1-2H3;1-2H3. The average molecular weight is 677 g/mol. The van der Waals surface area contributed by atoms with Gasteiger partial charge >= 0.3 is 0 Å². The van der Waals surface area contributed by atoms with Gasteiger partial charge in [-0.1, -0.05) is 134 Å². The monoisotopic (exact) mass is 676 g/mol. The molecule has 0 saturated carbocycles. The van der Waals surface area contributed by atoms with Gasteiger partial charge in [0.2, 0.25) is 0 Å². The van der Waals surface area contributed by atoms with Gasteiger partial charge in [-0.25, -0.2) is 0 Å². The molecule has 0 bridgehead atoms. The fourth-order valence-electron chi connectivity index (χ4n) is 7.57. The van der Waals surface area contributed by atoms with Crippen LogP contribution in [0.3, 0.4) is 0 Å². The third-order valence-electron chi connectivity index (χ3n) is 10.0. The summed E-state index contributed by atoms with van der Waals surface area (Å²) in [5.41, 5.74) is 10.2. The molecule has 0 fully saturated rings. The van der Waals surface area contributed by atoms with Crippen molar-refractivity contribution in [2.45, 2.75) is 27.7 Å². The van der Waals surface area contributed by atoms with Crippen LogP contribution in [-0.2, 0) is 0 Å². The summed E-state index contributed by atoms with van der Waals surface area (Å²) < 4.78 is 2.65. The van der Waals surface area contributed by atoms with E-state index in [0.29, 0.717) is 0 Å². The highest BCUT2D eigenvalue weighted by atomic mass is 32.1. The Bertz CT molecular complexity index is 2560. The number of fused-ring (bicyclic) bond motifs is 2. The maximum Gasteiger partial charge on any atom is 0.0361 e. The Morgan fingerprint density at radius 3 is 1.10 bits per heavy atom. The highest BCUT2D eigenvalue weighted by Gasteiger charge is 2.22. The van der Waals surface area contributed by atoms with Gasteiger partial charge in [0.25, 0.3) is 0 Å². The molecule has 0 unspecified atom stereocenters. The van der Waals surface area contributed by atoms with Crippen molar-refractivity contribution < 1.29 is 0 Å². The molecule has 50 heavy (non-hydrogen) atoms. The molecule has 2 heterocycles. The lowest BCUT2D eigenvalue weighted by atomic mass is 9.83. The van der Waals surface area contributed by atoms with Crippen LogP contribution >= 0.6 is 22.7 Å². The molecule has 0 saturated heterocycles. The van der Waals surface area contributed by atoms with Crippen molar-refractivity contribution in [3.63, 3.8) is 0 Å². The van der Waals surface area contributed by atoms with E-state index in [0.717, 1.165) is 0 Å². The first-order valence-corrected chi connectivity index (χ1v) is 19.1. The predicted molar refractivity (Wildman–Crippen MR) is 223 cm³/mol. The van der Waals surface area contributed by atoms with Crippen LogP contribution < -0.4 is 0 Å². The zero-order valence-electron chi connectivity index (χ0n) is 28.7. The van der Waals surface area contributed by atoms with E-state index in [-0.39, 0.29) is 0 Å². The van der Waals surface area contributed by atoms with E-state index in [1.807, 2.05) is 36.5 Å². The van der Waals surface area contributed by atoms with Gasteiger partial charge in [0.05, 0.1) is 0 Å². The van der Waals surface area contributed by atoms with Crippen LogP contribution in [0.25, 0.3) is 95.6 Å². The highest BCUT2D eigenvalue weighted by molar-refractivity contribution is 7.22. The fourth-order valence-corrected chi connectivity index (χ4v) is 9.76. The number of hydrogen-bond donors (Lipinski definition) is 0. The van der Waals surface area contributed by atoms with Crippen LogP contribution in [0.2, 0.25) is 0 Å². The molecule has 0 aliphatic rings. The van der Waals surface area contributed by atoms with E-state index in [1.165, 1.54) is 107 Å². The van der Waals surface area contributed by atoms with Crippen LogP contribution in [0.15, 0.2) is 146 Å². The number of benzene rings is 8. The van der Waals surface area contributed by atoms with Gasteiger partial charge in [0, 0.05) is 30.3 Å². The quantitative estimate of drug-likeness (QED) is 0.163.